The lowest BCUT2D eigenvalue weighted by Gasteiger charge is -2.28. The van der Waals surface area contributed by atoms with E-state index in [-0.39, 0.29) is 36.7 Å². The zero-order valence-electron chi connectivity index (χ0n) is 16.1. The van der Waals surface area contributed by atoms with Crippen molar-refractivity contribution < 1.29 is 14.6 Å². The molecule has 1 aliphatic heterocycles. The number of carbonyl (C=O) groups is 1. The van der Waals surface area contributed by atoms with Crippen LogP contribution in [0, 0.1) is 6.92 Å². The highest BCUT2D eigenvalue weighted by molar-refractivity contribution is 5.68. The predicted octanol–water partition coefficient (Wildman–Crippen LogP) is 1.75. The molecule has 1 atom stereocenters. The van der Waals surface area contributed by atoms with Gasteiger partial charge in [-0.15, -0.1) is 0 Å². The smallest absolute Gasteiger partial charge is 0.410 e. The van der Waals surface area contributed by atoms with E-state index in [1.165, 1.54) is 4.57 Å². The lowest BCUT2D eigenvalue weighted by atomic mass is 10.1. The summed E-state index contributed by atoms with van der Waals surface area (Å²) in [5, 5.41) is 12.2. The molecule has 2 rings (SSSR count). The number of nitrogens with zero attached hydrogens (tertiary/aromatic N) is 3. The first kappa shape index (κ1) is 20.2. The average molecular weight is 366 g/mol. The van der Waals surface area contributed by atoms with Gasteiger partial charge in [0.25, 0.3) is 5.56 Å². The molecule has 0 aromatic carbocycles. The molecule has 0 radical (unpaired) electrons. The average Bonchev–Trinajstić information content (AvgIpc) is 3.00. The standard InChI is InChI=1S/C18H30N4O4/c1-13-12-20-15(16(24)21(13)10-11-23)19-8-7-14-6-5-9-22(14)17(25)26-18(2,3)4/h12,14,23H,5-11H2,1-4H3,(H,19,20). The zero-order chi connectivity index (χ0) is 19.3. The molecule has 0 aliphatic carbocycles. The van der Waals surface area contributed by atoms with Gasteiger partial charge in [-0.3, -0.25) is 4.79 Å². The molecular formula is C18H30N4O4. The van der Waals surface area contributed by atoms with Crippen LogP contribution < -0.4 is 10.9 Å². The maximum Gasteiger partial charge on any atom is 0.410 e. The Morgan fingerprint density at radius 1 is 1.46 bits per heavy atom. The van der Waals surface area contributed by atoms with Crippen molar-refractivity contribution in [1.82, 2.24) is 14.5 Å². The number of rotatable bonds is 6. The van der Waals surface area contributed by atoms with Crippen molar-refractivity contribution in [3.05, 3.63) is 22.2 Å². The Bertz CT molecular complexity index is 681. The predicted molar refractivity (Wildman–Crippen MR) is 99.4 cm³/mol. The summed E-state index contributed by atoms with van der Waals surface area (Å²) < 4.78 is 6.97. The van der Waals surface area contributed by atoms with Gasteiger partial charge in [-0.05, 0) is 47.0 Å². The van der Waals surface area contributed by atoms with E-state index < -0.39 is 5.60 Å². The Balaban J connectivity index is 1.94. The van der Waals surface area contributed by atoms with Crippen LogP contribution in [0.1, 0.15) is 45.7 Å². The van der Waals surface area contributed by atoms with Crippen molar-refractivity contribution in [2.75, 3.05) is 25.0 Å². The Morgan fingerprint density at radius 3 is 2.85 bits per heavy atom. The lowest BCUT2D eigenvalue weighted by Crippen LogP contribution is -2.40. The highest BCUT2D eigenvalue weighted by Crippen LogP contribution is 2.22. The van der Waals surface area contributed by atoms with Gasteiger partial charge in [0.2, 0.25) is 0 Å². The molecule has 0 spiro atoms. The van der Waals surface area contributed by atoms with Crippen molar-refractivity contribution in [2.24, 2.45) is 0 Å². The summed E-state index contributed by atoms with van der Waals surface area (Å²) in [6.07, 6.45) is 3.93. The van der Waals surface area contributed by atoms with E-state index in [2.05, 4.69) is 10.3 Å². The minimum absolute atomic E-state index is 0.0995. The Labute approximate surface area is 154 Å². The first-order valence-electron chi connectivity index (χ1n) is 9.13. The Hall–Kier alpha value is -2.09. The second-order valence-corrected chi connectivity index (χ2v) is 7.61. The van der Waals surface area contributed by atoms with Gasteiger partial charge in [0.15, 0.2) is 5.82 Å². The molecule has 8 nitrogen and oxygen atoms in total. The quantitative estimate of drug-likeness (QED) is 0.796. The Morgan fingerprint density at radius 2 is 2.19 bits per heavy atom. The number of carbonyl (C=O) groups excluding carboxylic acids is 1. The van der Waals surface area contributed by atoms with E-state index >= 15 is 0 Å². The number of nitrogens with one attached hydrogen (secondary N) is 1. The summed E-state index contributed by atoms with van der Waals surface area (Å²) in [6, 6.07) is 0.0995. The van der Waals surface area contributed by atoms with Gasteiger partial charge < -0.3 is 24.6 Å². The Kier molecular flexibility index (Phi) is 6.63. The molecule has 1 fully saturated rings. The van der Waals surface area contributed by atoms with Gasteiger partial charge in [-0.25, -0.2) is 9.78 Å². The van der Waals surface area contributed by atoms with Gasteiger partial charge >= 0.3 is 6.09 Å². The normalized spacial score (nSPS) is 17.4. The van der Waals surface area contributed by atoms with E-state index in [9.17, 15) is 9.59 Å². The van der Waals surface area contributed by atoms with Crippen molar-refractivity contribution in [2.45, 2.75) is 65.1 Å². The van der Waals surface area contributed by atoms with Crippen LogP contribution >= 0.6 is 0 Å². The second kappa shape index (κ2) is 8.53. The molecule has 1 saturated heterocycles. The van der Waals surface area contributed by atoms with Crippen LogP contribution in [0.25, 0.3) is 0 Å². The summed E-state index contributed by atoms with van der Waals surface area (Å²) >= 11 is 0. The van der Waals surface area contributed by atoms with Crippen LogP contribution in [0.15, 0.2) is 11.0 Å². The van der Waals surface area contributed by atoms with E-state index in [0.29, 0.717) is 25.2 Å². The number of aliphatic hydroxyl groups excluding tert-OH is 1. The first-order chi connectivity index (χ1) is 12.2. The van der Waals surface area contributed by atoms with Crippen LogP contribution in [0.4, 0.5) is 10.6 Å². The van der Waals surface area contributed by atoms with Gasteiger partial charge in [0.05, 0.1) is 6.61 Å². The van der Waals surface area contributed by atoms with E-state index in [0.717, 1.165) is 12.8 Å². The minimum atomic E-state index is -0.508. The number of aryl methyl sites for hydroxylation is 1. The molecule has 1 amide bonds. The molecular weight excluding hydrogens is 336 g/mol. The van der Waals surface area contributed by atoms with Crippen LogP contribution in [0.3, 0.4) is 0 Å². The maximum absolute atomic E-state index is 12.4. The maximum atomic E-state index is 12.4. The second-order valence-electron chi connectivity index (χ2n) is 7.61. The third-order valence-corrected chi connectivity index (χ3v) is 4.35. The third-order valence-electron chi connectivity index (χ3n) is 4.35. The number of likely N-dealkylation sites (tertiary alicyclic amines) is 1. The van der Waals surface area contributed by atoms with Gasteiger partial charge in [-0.1, -0.05) is 0 Å². The molecule has 0 saturated carbocycles. The highest BCUT2D eigenvalue weighted by Gasteiger charge is 2.31. The number of amides is 1. The number of hydrogen-bond acceptors (Lipinski definition) is 6. The fourth-order valence-electron chi connectivity index (χ4n) is 3.12. The molecule has 2 N–H and O–H groups in total. The number of anilines is 1. The summed E-state index contributed by atoms with van der Waals surface area (Å²) in [5.74, 6) is 0.269. The molecule has 8 heteroatoms. The fraction of sp³-hybridized carbons (Fsp3) is 0.722. The van der Waals surface area contributed by atoms with Crippen LogP contribution in [0.2, 0.25) is 0 Å². The van der Waals surface area contributed by atoms with E-state index in [1.54, 1.807) is 18.0 Å². The van der Waals surface area contributed by atoms with Crippen LogP contribution in [-0.2, 0) is 11.3 Å². The van der Waals surface area contributed by atoms with Crippen LogP contribution in [0.5, 0.6) is 0 Å². The SMILES string of the molecule is Cc1cnc(NCCC2CCCN2C(=O)OC(C)(C)C)c(=O)n1CCO. The van der Waals surface area contributed by atoms with E-state index in [1.807, 2.05) is 20.8 Å². The molecule has 1 aromatic rings. The zero-order valence-corrected chi connectivity index (χ0v) is 16.1. The van der Waals surface area contributed by atoms with Gasteiger partial charge in [-0.2, -0.15) is 0 Å². The largest absolute Gasteiger partial charge is 0.444 e. The number of aliphatic hydroxyl groups is 1. The molecule has 2 heterocycles. The number of aromatic nitrogens is 2. The van der Waals surface area contributed by atoms with Crippen molar-refractivity contribution in [1.29, 1.82) is 0 Å². The van der Waals surface area contributed by atoms with Gasteiger partial charge in [0, 0.05) is 37.6 Å². The first-order valence-corrected chi connectivity index (χ1v) is 9.13. The van der Waals surface area contributed by atoms with Gasteiger partial charge in [0.1, 0.15) is 5.60 Å². The highest BCUT2D eigenvalue weighted by atomic mass is 16.6. The number of hydrogen-bond donors (Lipinski definition) is 2. The van der Waals surface area contributed by atoms with Crippen molar-refractivity contribution >= 4 is 11.9 Å². The number of ether oxygens (including phenoxy) is 1. The third kappa shape index (κ3) is 5.20. The topological polar surface area (TPSA) is 96.7 Å². The molecule has 1 aromatic heterocycles. The monoisotopic (exact) mass is 366 g/mol. The summed E-state index contributed by atoms with van der Waals surface area (Å²) in [6.45, 7) is 8.74. The fourth-order valence-corrected chi connectivity index (χ4v) is 3.12. The van der Waals surface area contributed by atoms with E-state index in [4.69, 9.17) is 9.84 Å². The van der Waals surface area contributed by atoms with Crippen LogP contribution in [-0.4, -0.2) is 57.0 Å². The molecule has 0 bridgehead atoms. The summed E-state index contributed by atoms with van der Waals surface area (Å²) in [7, 11) is 0. The molecule has 1 unspecified atom stereocenters. The molecule has 1 aliphatic rings. The van der Waals surface area contributed by atoms with Crippen molar-refractivity contribution in [3.63, 3.8) is 0 Å². The summed E-state index contributed by atoms with van der Waals surface area (Å²) in [5.41, 5.74) is -0.0394. The minimum Gasteiger partial charge on any atom is -0.444 e. The molecule has 146 valence electrons. The lowest BCUT2D eigenvalue weighted by molar-refractivity contribution is 0.0223. The molecule has 26 heavy (non-hydrogen) atoms. The van der Waals surface area contributed by atoms with Crippen molar-refractivity contribution in [3.8, 4) is 0 Å². The summed E-state index contributed by atoms with van der Waals surface area (Å²) in [4.78, 5) is 30.6.